The van der Waals surface area contributed by atoms with E-state index in [-0.39, 0.29) is 38.8 Å². The van der Waals surface area contributed by atoms with E-state index in [4.69, 9.17) is 11.6 Å². The standard InChI is InChI=1S/C26H16ClF5N6O3/c27-18-3-1-12(28)7-15(18)22-21-16(23(39)35-22)9-14(38-6-5-33-36-38)10-19(21)34-24(40)37-11-25(41,26(30,31)32)17-8-13(29)2-4-20(17)37/h1-10,22,41H,11H2,(H,34,40)(H,35,39)/t22-,25-/m1/s1. The number of carbonyl (C=O) groups excluding carboxylic acids is 2. The molecule has 2 aliphatic rings. The maximum absolute atomic E-state index is 14.2. The molecular weight excluding hydrogens is 575 g/mol. The highest BCUT2D eigenvalue weighted by molar-refractivity contribution is 6.31. The highest BCUT2D eigenvalue weighted by Gasteiger charge is 2.61. The van der Waals surface area contributed by atoms with E-state index in [1.54, 1.807) is 0 Å². The van der Waals surface area contributed by atoms with Crippen molar-refractivity contribution in [2.45, 2.75) is 17.8 Å². The molecule has 4 aromatic rings. The molecule has 0 saturated heterocycles. The molecule has 9 nitrogen and oxygen atoms in total. The number of carbonyl (C=O) groups is 2. The van der Waals surface area contributed by atoms with Gasteiger partial charge in [-0.05, 0) is 48.5 Å². The van der Waals surface area contributed by atoms with Crippen molar-refractivity contribution >= 4 is 34.9 Å². The minimum Gasteiger partial charge on any atom is -0.375 e. The molecule has 0 saturated carbocycles. The minimum atomic E-state index is -5.24. The number of aliphatic hydroxyl groups is 1. The second-order valence-corrected chi connectivity index (χ2v) is 9.82. The molecule has 210 valence electrons. The molecule has 2 aliphatic heterocycles. The number of anilines is 2. The van der Waals surface area contributed by atoms with Crippen LogP contribution in [-0.2, 0) is 5.60 Å². The van der Waals surface area contributed by atoms with Crippen LogP contribution in [0.5, 0.6) is 0 Å². The highest BCUT2D eigenvalue weighted by atomic mass is 35.5. The van der Waals surface area contributed by atoms with Crippen molar-refractivity contribution < 1.29 is 36.6 Å². The zero-order chi connectivity index (χ0) is 29.3. The molecule has 2 atom stereocenters. The topological polar surface area (TPSA) is 112 Å². The van der Waals surface area contributed by atoms with Crippen molar-refractivity contribution in [3.05, 3.63) is 99.8 Å². The molecule has 3 heterocycles. The lowest BCUT2D eigenvalue weighted by atomic mass is 9.95. The number of amides is 3. The third kappa shape index (κ3) is 4.26. The number of hydrogen-bond acceptors (Lipinski definition) is 5. The van der Waals surface area contributed by atoms with E-state index in [0.29, 0.717) is 11.0 Å². The molecule has 3 aromatic carbocycles. The summed E-state index contributed by atoms with van der Waals surface area (Å²) in [4.78, 5) is 27.2. The first-order chi connectivity index (χ1) is 19.4. The summed E-state index contributed by atoms with van der Waals surface area (Å²) in [6, 6.07) is 6.50. The second-order valence-electron chi connectivity index (χ2n) is 9.41. The molecular formula is C26H16ClF5N6O3. The van der Waals surface area contributed by atoms with Crippen LogP contribution in [0.3, 0.4) is 0 Å². The summed E-state index contributed by atoms with van der Waals surface area (Å²) in [5, 5.41) is 23.4. The van der Waals surface area contributed by atoms with Crippen LogP contribution < -0.4 is 15.5 Å². The number of halogens is 6. The third-order valence-corrected chi connectivity index (χ3v) is 7.31. The summed E-state index contributed by atoms with van der Waals surface area (Å²) in [7, 11) is 0. The quantitative estimate of drug-likeness (QED) is 0.296. The monoisotopic (exact) mass is 590 g/mol. The van der Waals surface area contributed by atoms with Crippen LogP contribution in [0.15, 0.2) is 60.9 Å². The number of alkyl halides is 3. The van der Waals surface area contributed by atoms with Gasteiger partial charge in [0.1, 0.15) is 11.6 Å². The fraction of sp³-hybridized carbons (Fsp3) is 0.154. The summed E-state index contributed by atoms with van der Waals surface area (Å²) in [6.45, 7) is -1.26. The van der Waals surface area contributed by atoms with Gasteiger partial charge in [0.15, 0.2) is 0 Å². The Morgan fingerprint density at radius 2 is 1.85 bits per heavy atom. The van der Waals surface area contributed by atoms with Crippen molar-refractivity contribution in [2.24, 2.45) is 0 Å². The van der Waals surface area contributed by atoms with E-state index in [0.717, 1.165) is 24.3 Å². The maximum atomic E-state index is 14.2. The molecule has 15 heteroatoms. The van der Waals surface area contributed by atoms with Gasteiger partial charge < -0.3 is 15.7 Å². The lowest BCUT2D eigenvalue weighted by Gasteiger charge is -2.27. The highest BCUT2D eigenvalue weighted by Crippen LogP contribution is 2.49. The fourth-order valence-corrected chi connectivity index (χ4v) is 5.28. The van der Waals surface area contributed by atoms with Gasteiger partial charge in [0.2, 0.25) is 5.60 Å². The SMILES string of the molecule is O=C1N[C@H](c2cc(F)ccc2Cl)c2c(NC(=O)N3C[C@](O)(C(F)(F)F)c4cc(F)ccc43)cc(-n3ccnn3)cc21. The van der Waals surface area contributed by atoms with E-state index in [1.165, 1.54) is 35.3 Å². The summed E-state index contributed by atoms with van der Waals surface area (Å²) < 4.78 is 71.1. The third-order valence-electron chi connectivity index (χ3n) is 6.97. The van der Waals surface area contributed by atoms with Gasteiger partial charge in [-0.3, -0.25) is 9.69 Å². The number of fused-ring (bicyclic) bond motifs is 2. The van der Waals surface area contributed by atoms with Crippen LogP contribution in [0.25, 0.3) is 5.69 Å². The van der Waals surface area contributed by atoms with Crippen LogP contribution in [0, 0.1) is 11.6 Å². The first-order valence-electron chi connectivity index (χ1n) is 11.9. The number of β-amino-alcohol motifs (C(OH)–C–C–N with tert-alkyl or cyclic N) is 1. The second kappa shape index (κ2) is 9.24. The first-order valence-corrected chi connectivity index (χ1v) is 12.2. The summed E-state index contributed by atoms with van der Waals surface area (Å²) >= 11 is 6.31. The van der Waals surface area contributed by atoms with Crippen LogP contribution in [0.2, 0.25) is 5.02 Å². The van der Waals surface area contributed by atoms with Gasteiger partial charge in [-0.2, -0.15) is 13.2 Å². The van der Waals surface area contributed by atoms with E-state index < -0.39 is 53.5 Å². The predicted molar refractivity (Wildman–Crippen MR) is 135 cm³/mol. The number of hydrogen-bond donors (Lipinski definition) is 3. The van der Waals surface area contributed by atoms with E-state index in [2.05, 4.69) is 20.9 Å². The van der Waals surface area contributed by atoms with Gasteiger partial charge >= 0.3 is 12.2 Å². The van der Waals surface area contributed by atoms with Crippen LogP contribution in [-0.4, -0.2) is 44.8 Å². The largest absolute Gasteiger partial charge is 0.423 e. The summed E-state index contributed by atoms with van der Waals surface area (Å²) in [5.41, 5.74) is -4.16. The Morgan fingerprint density at radius 3 is 2.56 bits per heavy atom. The molecule has 0 radical (unpaired) electrons. The Balaban J connectivity index is 1.47. The molecule has 0 fully saturated rings. The molecule has 6 rings (SSSR count). The Bertz CT molecular complexity index is 1730. The minimum absolute atomic E-state index is 0.0483. The van der Waals surface area contributed by atoms with Gasteiger partial charge in [-0.1, -0.05) is 16.8 Å². The number of rotatable bonds is 3. The zero-order valence-corrected chi connectivity index (χ0v) is 21.1. The van der Waals surface area contributed by atoms with Crippen molar-refractivity contribution in [1.82, 2.24) is 20.3 Å². The van der Waals surface area contributed by atoms with Crippen LogP contribution >= 0.6 is 11.6 Å². The predicted octanol–water partition coefficient (Wildman–Crippen LogP) is 4.83. The Labute approximate surface area is 232 Å². The molecule has 41 heavy (non-hydrogen) atoms. The van der Waals surface area contributed by atoms with Gasteiger partial charge in [0, 0.05) is 27.3 Å². The maximum Gasteiger partial charge on any atom is 0.423 e. The first kappa shape index (κ1) is 26.7. The number of aromatic nitrogens is 3. The number of nitrogens with one attached hydrogen (secondary N) is 2. The van der Waals surface area contributed by atoms with Gasteiger partial charge in [0.05, 0.1) is 42.0 Å². The number of benzene rings is 3. The van der Waals surface area contributed by atoms with Crippen molar-refractivity contribution in [1.29, 1.82) is 0 Å². The van der Waals surface area contributed by atoms with E-state index >= 15 is 0 Å². The van der Waals surface area contributed by atoms with E-state index in [9.17, 15) is 36.6 Å². The molecule has 1 aromatic heterocycles. The average Bonchev–Trinajstić information content (AvgIpc) is 3.63. The summed E-state index contributed by atoms with van der Waals surface area (Å²) in [6.07, 6.45) is -2.43. The zero-order valence-electron chi connectivity index (χ0n) is 20.4. The Kier molecular flexibility index (Phi) is 6.01. The number of nitrogens with zero attached hydrogens (tertiary/aromatic N) is 4. The van der Waals surface area contributed by atoms with Gasteiger partial charge in [-0.15, -0.1) is 5.10 Å². The molecule has 0 aliphatic carbocycles. The fourth-order valence-electron chi connectivity index (χ4n) is 5.05. The lowest BCUT2D eigenvalue weighted by Crippen LogP contribution is -2.48. The number of urea groups is 1. The summed E-state index contributed by atoms with van der Waals surface area (Å²) in [5.74, 6) is -2.29. The van der Waals surface area contributed by atoms with Gasteiger partial charge in [-0.25, -0.2) is 18.3 Å². The normalized spacial score (nSPS) is 19.6. The average molecular weight is 591 g/mol. The van der Waals surface area contributed by atoms with Crippen molar-refractivity contribution in [3.63, 3.8) is 0 Å². The molecule has 0 bridgehead atoms. The van der Waals surface area contributed by atoms with E-state index in [1.807, 2.05) is 0 Å². The molecule has 0 unspecified atom stereocenters. The van der Waals surface area contributed by atoms with Crippen LogP contribution in [0.1, 0.15) is 33.1 Å². The van der Waals surface area contributed by atoms with Crippen molar-refractivity contribution in [2.75, 3.05) is 16.8 Å². The van der Waals surface area contributed by atoms with Gasteiger partial charge in [0.25, 0.3) is 5.91 Å². The Morgan fingerprint density at radius 1 is 1.12 bits per heavy atom. The van der Waals surface area contributed by atoms with Crippen molar-refractivity contribution in [3.8, 4) is 5.69 Å². The van der Waals surface area contributed by atoms with Crippen LogP contribution in [0.4, 0.5) is 38.1 Å². The Hall–Kier alpha value is -4.56. The molecule has 3 N–H and O–H groups in total. The lowest BCUT2D eigenvalue weighted by molar-refractivity contribution is -0.258. The molecule has 3 amide bonds. The molecule has 0 spiro atoms. The smallest absolute Gasteiger partial charge is 0.375 e.